The molecule has 41 heavy (non-hydrogen) atoms. The predicted molar refractivity (Wildman–Crippen MR) is 158 cm³/mol. The lowest BCUT2D eigenvalue weighted by Crippen LogP contribution is -2.45. The molecule has 0 unspecified atom stereocenters. The van der Waals surface area contributed by atoms with Crippen molar-refractivity contribution in [3.63, 3.8) is 0 Å². The van der Waals surface area contributed by atoms with E-state index in [-0.39, 0.29) is 35.6 Å². The van der Waals surface area contributed by atoms with Gasteiger partial charge in [-0.05, 0) is 73.1 Å². The van der Waals surface area contributed by atoms with Gasteiger partial charge in [-0.15, -0.1) is 0 Å². The average molecular weight is 555 g/mol. The van der Waals surface area contributed by atoms with Crippen molar-refractivity contribution in [1.82, 2.24) is 20.9 Å². The van der Waals surface area contributed by atoms with Gasteiger partial charge in [-0.1, -0.05) is 48.5 Å². The van der Waals surface area contributed by atoms with Crippen LogP contribution in [0.25, 0.3) is 11.1 Å². The second-order valence-corrected chi connectivity index (χ2v) is 10.8. The van der Waals surface area contributed by atoms with Crippen molar-refractivity contribution in [3.8, 4) is 16.9 Å². The predicted octanol–water partition coefficient (Wildman–Crippen LogP) is 3.95. The zero-order valence-corrected chi connectivity index (χ0v) is 23.3. The molecule has 4 N–H and O–H groups in total. The number of hydrogen-bond donors (Lipinski definition) is 4. The molecule has 3 aromatic rings. The number of phenolic OH excluding ortho intramolecular Hbond substituents is 1. The van der Waals surface area contributed by atoms with Gasteiger partial charge in [0, 0.05) is 49.8 Å². The Bertz CT molecular complexity index is 1380. The summed E-state index contributed by atoms with van der Waals surface area (Å²) in [5.74, 6) is -0.0562. The number of aromatic hydroxyl groups is 1. The number of nitrogens with one attached hydrogen (secondary N) is 3. The fourth-order valence-corrected chi connectivity index (χ4v) is 5.68. The van der Waals surface area contributed by atoms with Gasteiger partial charge in [0.15, 0.2) is 0 Å². The Labute approximate surface area is 241 Å². The Balaban J connectivity index is 1.28. The number of amides is 3. The second kappa shape index (κ2) is 13.5. The molecule has 3 amide bonds. The largest absolute Gasteiger partial charge is 0.507 e. The number of rotatable bonds is 2. The topological polar surface area (TPSA) is 111 Å². The van der Waals surface area contributed by atoms with Crippen molar-refractivity contribution in [1.29, 1.82) is 0 Å². The van der Waals surface area contributed by atoms with Crippen LogP contribution in [0.5, 0.6) is 5.75 Å². The maximum atomic E-state index is 13.6. The van der Waals surface area contributed by atoms with E-state index >= 15 is 0 Å². The summed E-state index contributed by atoms with van der Waals surface area (Å²) in [7, 11) is 0. The molecule has 3 aromatic carbocycles. The molecular formula is C33H38N4O4. The van der Waals surface area contributed by atoms with Crippen LogP contribution >= 0.6 is 0 Å². The molecule has 4 bridgehead atoms. The number of fused-ring (bicyclic) bond motifs is 5. The summed E-state index contributed by atoms with van der Waals surface area (Å²) in [5.41, 5.74) is 4.05. The van der Waals surface area contributed by atoms with E-state index in [1.807, 2.05) is 41.3 Å². The third-order valence-corrected chi connectivity index (χ3v) is 7.91. The Morgan fingerprint density at radius 2 is 1.61 bits per heavy atom. The maximum Gasteiger partial charge on any atom is 0.251 e. The lowest BCUT2D eigenvalue weighted by Gasteiger charge is -2.26. The summed E-state index contributed by atoms with van der Waals surface area (Å²) in [6, 6.07) is 22.6. The second-order valence-electron chi connectivity index (χ2n) is 10.8. The van der Waals surface area contributed by atoms with Crippen molar-refractivity contribution in [2.75, 3.05) is 26.2 Å². The SMILES string of the molecule is O=C1CCCN(C(=O)[C@H]2CC[C@H](c3ccccc3)N2)CCCNC(=O)c2cccc(c2)-c2cc(ccc2O)CCN1. The van der Waals surface area contributed by atoms with Crippen molar-refractivity contribution in [2.45, 2.75) is 50.6 Å². The molecule has 2 aliphatic rings. The van der Waals surface area contributed by atoms with Gasteiger partial charge in [0.25, 0.3) is 5.91 Å². The number of hydrogen-bond acceptors (Lipinski definition) is 5. The van der Waals surface area contributed by atoms with Crippen LogP contribution in [0.4, 0.5) is 0 Å². The van der Waals surface area contributed by atoms with E-state index in [4.69, 9.17) is 0 Å². The van der Waals surface area contributed by atoms with Crippen LogP contribution < -0.4 is 16.0 Å². The molecule has 214 valence electrons. The van der Waals surface area contributed by atoms with Gasteiger partial charge in [0.1, 0.15) is 5.75 Å². The van der Waals surface area contributed by atoms with E-state index in [9.17, 15) is 19.5 Å². The first kappa shape index (κ1) is 28.4. The van der Waals surface area contributed by atoms with Gasteiger partial charge in [0.2, 0.25) is 11.8 Å². The van der Waals surface area contributed by atoms with Gasteiger partial charge in [-0.25, -0.2) is 0 Å². The molecule has 0 aliphatic carbocycles. The first-order valence-electron chi connectivity index (χ1n) is 14.5. The summed E-state index contributed by atoms with van der Waals surface area (Å²) in [5, 5.41) is 20.0. The third kappa shape index (κ3) is 7.32. The molecule has 8 nitrogen and oxygen atoms in total. The van der Waals surface area contributed by atoms with Crippen molar-refractivity contribution in [3.05, 3.63) is 89.5 Å². The number of carbonyl (C=O) groups is 3. The highest BCUT2D eigenvalue weighted by Gasteiger charge is 2.32. The maximum absolute atomic E-state index is 13.6. The van der Waals surface area contributed by atoms with Crippen LogP contribution in [0.15, 0.2) is 72.8 Å². The van der Waals surface area contributed by atoms with Crippen LogP contribution in [0, 0.1) is 0 Å². The fraction of sp³-hybridized carbons (Fsp3) is 0.364. The van der Waals surface area contributed by atoms with E-state index in [1.165, 1.54) is 5.56 Å². The normalized spacial score (nSPS) is 20.7. The lowest BCUT2D eigenvalue weighted by molar-refractivity contribution is -0.133. The van der Waals surface area contributed by atoms with E-state index < -0.39 is 0 Å². The molecule has 8 heteroatoms. The molecule has 2 atom stereocenters. The first-order chi connectivity index (χ1) is 20.0. The van der Waals surface area contributed by atoms with E-state index in [2.05, 4.69) is 28.1 Å². The molecule has 2 heterocycles. The summed E-state index contributed by atoms with van der Waals surface area (Å²) in [6.45, 7) is 1.87. The number of phenols is 1. The van der Waals surface area contributed by atoms with Gasteiger partial charge in [-0.3, -0.25) is 19.7 Å². The highest BCUT2D eigenvalue weighted by molar-refractivity contribution is 5.95. The molecule has 1 saturated heterocycles. The van der Waals surface area contributed by atoms with Crippen LogP contribution in [0.1, 0.15) is 59.6 Å². The molecule has 2 aliphatic heterocycles. The van der Waals surface area contributed by atoms with Crippen LogP contribution in [-0.2, 0) is 16.0 Å². The molecule has 0 saturated carbocycles. The number of nitrogens with zero attached hydrogens (tertiary/aromatic N) is 1. The lowest BCUT2D eigenvalue weighted by atomic mass is 9.98. The van der Waals surface area contributed by atoms with Crippen molar-refractivity contribution in [2.24, 2.45) is 0 Å². The molecule has 5 rings (SSSR count). The van der Waals surface area contributed by atoms with Gasteiger partial charge < -0.3 is 20.6 Å². The van der Waals surface area contributed by atoms with Crippen LogP contribution in [0.2, 0.25) is 0 Å². The number of carbonyl (C=O) groups excluding carboxylic acids is 3. The highest BCUT2D eigenvalue weighted by atomic mass is 16.3. The van der Waals surface area contributed by atoms with Crippen molar-refractivity contribution >= 4 is 17.7 Å². The molecule has 0 spiro atoms. The molecule has 0 radical (unpaired) electrons. The molecule has 0 aromatic heterocycles. The molecule has 1 fully saturated rings. The third-order valence-electron chi connectivity index (χ3n) is 7.91. The summed E-state index contributed by atoms with van der Waals surface area (Å²) < 4.78 is 0. The minimum Gasteiger partial charge on any atom is -0.507 e. The number of benzene rings is 3. The zero-order valence-electron chi connectivity index (χ0n) is 23.3. The fourth-order valence-electron chi connectivity index (χ4n) is 5.68. The van der Waals surface area contributed by atoms with E-state index in [1.54, 1.807) is 24.3 Å². The van der Waals surface area contributed by atoms with Gasteiger partial charge in [0.05, 0.1) is 6.04 Å². The Morgan fingerprint density at radius 1 is 0.805 bits per heavy atom. The quantitative estimate of drug-likeness (QED) is 0.384. The smallest absolute Gasteiger partial charge is 0.251 e. The summed E-state index contributed by atoms with van der Waals surface area (Å²) >= 11 is 0. The summed E-state index contributed by atoms with van der Waals surface area (Å²) in [4.78, 5) is 40.9. The highest BCUT2D eigenvalue weighted by Crippen LogP contribution is 2.31. The average Bonchev–Trinajstić information content (AvgIpc) is 3.49. The summed E-state index contributed by atoms with van der Waals surface area (Å²) in [6.07, 6.45) is 3.76. The standard InChI is InChI=1S/C33H38N4O4/c38-30-15-12-23-16-18-34-31(39)11-5-19-37(33(41)29-14-13-28(36-29)24-7-2-1-3-8-24)20-6-17-35-32(40)26-10-4-9-25(22-26)27(30)21-23/h1-4,7-10,12,15,21-22,28-29,36,38H,5-6,11,13-14,16-20H2,(H,34,39)(H,35,40)/t28-,29-/m1/s1. The Morgan fingerprint density at radius 3 is 2.46 bits per heavy atom. The monoisotopic (exact) mass is 554 g/mol. The Kier molecular flexibility index (Phi) is 9.31. The zero-order chi connectivity index (χ0) is 28.6. The molecular weight excluding hydrogens is 516 g/mol. The van der Waals surface area contributed by atoms with E-state index in [0.29, 0.717) is 63.0 Å². The van der Waals surface area contributed by atoms with Gasteiger partial charge in [-0.2, -0.15) is 0 Å². The van der Waals surface area contributed by atoms with Gasteiger partial charge >= 0.3 is 0 Å². The minimum atomic E-state index is -0.264. The van der Waals surface area contributed by atoms with Crippen LogP contribution in [0.3, 0.4) is 0 Å². The van der Waals surface area contributed by atoms with Crippen LogP contribution in [-0.4, -0.2) is 59.9 Å². The Hall–Kier alpha value is -4.17. The van der Waals surface area contributed by atoms with Crippen molar-refractivity contribution < 1.29 is 19.5 Å². The first-order valence-corrected chi connectivity index (χ1v) is 14.5. The van der Waals surface area contributed by atoms with E-state index in [0.717, 1.165) is 24.0 Å². The minimum absolute atomic E-state index is 0.0441.